The van der Waals surface area contributed by atoms with Crippen LogP contribution in [0, 0.1) is 5.82 Å². The van der Waals surface area contributed by atoms with E-state index in [0.717, 1.165) is 0 Å². The van der Waals surface area contributed by atoms with Crippen molar-refractivity contribution in [2.24, 2.45) is 0 Å². The molecule has 0 aliphatic carbocycles. The van der Waals surface area contributed by atoms with Gasteiger partial charge < -0.3 is 34.2 Å². The van der Waals surface area contributed by atoms with E-state index in [0.29, 0.717) is 10.8 Å². The van der Waals surface area contributed by atoms with Gasteiger partial charge in [0.05, 0.1) is 12.8 Å². The average molecular weight is 420 g/mol. The number of aromatic amines is 1. The van der Waals surface area contributed by atoms with Gasteiger partial charge in [-0.05, 0) is 0 Å². The number of hydrogen-bond donors (Lipinski definition) is 6. The summed E-state index contributed by atoms with van der Waals surface area (Å²) in [5.74, 6) is -2.84. The highest BCUT2D eigenvalue weighted by molar-refractivity contribution is 7.70. The molecule has 0 spiro atoms. The fraction of sp³-hybridized carbons (Fsp3) is 0.600. The zero-order valence-corrected chi connectivity index (χ0v) is 14.5. The lowest BCUT2D eigenvalue weighted by atomic mass is 10.1. The molecule has 148 valence electrons. The number of halogens is 1. The molecule has 0 bridgehead atoms. The standard InChI is InChI=1S/C10H15FN2O11P2/c11-4-1-13(10(17)12-8(4)16)9-7(15)6(14)5(24-9)2-23-26(21,22)3-25(18,19)20/h1,5-7,9,14-15H,2-3H2,(H,21,22)(H,12,16,17)(H2,18,19,20)/t5-,6?,7?,9-/m1/s1. The Morgan fingerprint density at radius 3 is 2.42 bits per heavy atom. The van der Waals surface area contributed by atoms with Gasteiger partial charge in [0.25, 0.3) is 5.56 Å². The van der Waals surface area contributed by atoms with E-state index < -0.39 is 69.3 Å². The minimum Gasteiger partial charge on any atom is -0.387 e. The first-order chi connectivity index (χ1) is 11.8. The molecule has 26 heavy (non-hydrogen) atoms. The fourth-order valence-corrected chi connectivity index (χ4v) is 4.78. The number of nitrogens with one attached hydrogen (secondary N) is 1. The summed E-state index contributed by atoms with van der Waals surface area (Å²) in [6.07, 6.45) is -6.26. The van der Waals surface area contributed by atoms with Crippen LogP contribution >= 0.6 is 15.2 Å². The average Bonchev–Trinajstić information content (AvgIpc) is 2.75. The van der Waals surface area contributed by atoms with Crippen LogP contribution in [0.3, 0.4) is 0 Å². The molecule has 2 rings (SSSR count). The number of aliphatic hydroxyl groups excluding tert-OH is 2. The Morgan fingerprint density at radius 1 is 1.23 bits per heavy atom. The third-order valence-electron chi connectivity index (χ3n) is 3.34. The molecule has 1 fully saturated rings. The van der Waals surface area contributed by atoms with Gasteiger partial charge in [-0.15, -0.1) is 0 Å². The largest absolute Gasteiger partial charge is 0.387 e. The summed E-state index contributed by atoms with van der Waals surface area (Å²) in [7, 11) is -9.60. The lowest BCUT2D eigenvalue weighted by Crippen LogP contribution is -2.38. The minimum atomic E-state index is -4.86. The van der Waals surface area contributed by atoms with Crippen molar-refractivity contribution in [1.82, 2.24) is 9.55 Å². The van der Waals surface area contributed by atoms with Crippen LogP contribution in [-0.2, 0) is 18.4 Å². The summed E-state index contributed by atoms with van der Waals surface area (Å²) in [6, 6.07) is 0. The Hall–Kier alpha value is -1.21. The summed E-state index contributed by atoms with van der Waals surface area (Å²) in [5, 5.41) is 19.8. The second-order valence-corrected chi connectivity index (χ2v) is 9.42. The number of nitrogens with zero attached hydrogens (tertiary/aromatic N) is 1. The van der Waals surface area contributed by atoms with Crippen molar-refractivity contribution in [2.75, 3.05) is 12.5 Å². The van der Waals surface area contributed by atoms with Gasteiger partial charge in [0.1, 0.15) is 18.3 Å². The highest BCUT2D eigenvalue weighted by Crippen LogP contribution is 2.55. The fourth-order valence-electron chi connectivity index (χ4n) is 2.21. The van der Waals surface area contributed by atoms with Crippen molar-refractivity contribution in [3.63, 3.8) is 0 Å². The number of H-pyrrole nitrogens is 1. The highest BCUT2D eigenvalue weighted by atomic mass is 31.2. The van der Waals surface area contributed by atoms with Gasteiger partial charge in [-0.25, -0.2) is 4.79 Å². The van der Waals surface area contributed by atoms with E-state index in [1.54, 1.807) is 4.98 Å². The summed E-state index contributed by atoms with van der Waals surface area (Å²) >= 11 is 0. The van der Waals surface area contributed by atoms with Crippen molar-refractivity contribution >= 4 is 15.2 Å². The lowest BCUT2D eigenvalue weighted by molar-refractivity contribution is -0.0528. The SMILES string of the molecule is O=c1[nH]c(=O)n([C@@H]2O[C@H](COP(=O)(O)CP(=O)(O)O)C(O)C2O)cc1F. The third-order valence-corrected chi connectivity index (χ3v) is 6.80. The Morgan fingerprint density at radius 2 is 1.85 bits per heavy atom. The topological polar surface area (TPSA) is 209 Å². The summed E-state index contributed by atoms with van der Waals surface area (Å²) in [6.45, 7) is -0.872. The number of aliphatic hydroxyl groups is 2. The third kappa shape index (κ3) is 4.94. The minimum absolute atomic E-state index is 0.440. The zero-order chi connectivity index (χ0) is 19.9. The molecule has 1 aromatic heterocycles. The summed E-state index contributed by atoms with van der Waals surface area (Å²) in [4.78, 5) is 51.0. The number of ether oxygens (including phenoxy) is 1. The van der Waals surface area contributed by atoms with Crippen LogP contribution in [0.2, 0.25) is 0 Å². The molecule has 0 saturated carbocycles. The predicted molar refractivity (Wildman–Crippen MR) is 79.9 cm³/mol. The number of rotatable bonds is 6. The molecule has 1 saturated heterocycles. The van der Waals surface area contributed by atoms with Gasteiger partial charge in [0.15, 0.2) is 12.1 Å². The van der Waals surface area contributed by atoms with Crippen molar-refractivity contribution in [1.29, 1.82) is 0 Å². The van der Waals surface area contributed by atoms with E-state index in [1.807, 2.05) is 0 Å². The van der Waals surface area contributed by atoms with Crippen LogP contribution < -0.4 is 11.2 Å². The van der Waals surface area contributed by atoms with E-state index in [1.165, 1.54) is 0 Å². The van der Waals surface area contributed by atoms with Crippen LogP contribution in [0.5, 0.6) is 0 Å². The number of aromatic nitrogens is 2. The van der Waals surface area contributed by atoms with Gasteiger partial charge >= 0.3 is 20.9 Å². The number of hydrogen-bond acceptors (Lipinski definition) is 8. The monoisotopic (exact) mass is 420 g/mol. The van der Waals surface area contributed by atoms with Gasteiger partial charge in [0.2, 0.25) is 5.82 Å². The molecule has 13 nitrogen and oxygen atoms in total. The maximum Gasteiger partial charge on any atom is 0.340 e. The molecule has 0 radical (unpaired) electrons. The zero-order valence-electron chi connectivity index (χ0n) is 12.7. The van der Waals surface area contributed by atoms with Crippen LogP contribution in [0.15, 0.2) is 15.8 Å². The second-order valence-electron chi connectivity index (χ2n) is 5.43. The molecule has 3 unspecified atom stereocenters. The molecule has 1 aromatic rings. The Kier molecular flexibility index (Phi) is 6.03. The smallest absolute Gasteiger partial charge is 0.340 e. The first-order valence-corrected chi connectivity index (χ1v) is 10.4. The Labute approximate surface area is 143 Å². The molecule has 6 N–H and O–H groups in total. The normalized spacial score (nSPS) is 28.8. The molecule has 0 amide bonds. The first kappa shape index (κ1) is 21.1. The van der Waals surface area contributed by atoms with Crippen molar-refractivity contribution in [3.8, 4) is 0 Å². The van der Waals surface area contributed by atoms with Gasteiger partial charge in [0, 0.05) is 0 Å². The maximum absolute atomic E-state index is 13.3. The molecule has 5 atom stereocenters. The molecule has 0 aromatic carbocycles. The first-order valence-electron chi connectivity index (χ1n) is 6.84. The van der Waals surface area contributed by atoms with Crippen molar-refractivity contribution in [3.05, 3.63) is 32.9 Å². The molecule has 1 aliphatic heterocycles. The van der Waals surface area contributed by atoms with Crippen molar-refractivity contribution < 1.29 is 47.7 Å². The maximum atomic E-state index is 13.3. The van der Waals surface area contributed by atoms with Gasteiger partial charge in [-0.3, -0.25) is 23.5 Å². The van der Waals surface area contributed by atoms with Crippen LogP contribution in [0.4, 0.5) is 4.39 Å². The summed E-state index contributed by atoms with van der Waals surface area (Å²) in [5.41, 5.74) is -2.46. The quantitative estimate of drug-likeness (QED) is 0.268. The molecule has 2 heterocycles. The molecule has 16 heteroatoms. The van der Waals surface area contributed by atoms with E-state index in [9.17, 15) is 38.2 Å². The van der Waals surface area contributed by atoms with Crippen LogP contribution in [0.25, 0.3) is 0 Å². The Balaban J connectivity index is 2.14. The van der Waals surface area contributed by atoms with E-state index in [2.05, 4.69) is 4.52 Å². The lowest BCUT2D eigenvalue weighted by Gasteiger charge is -2.18. The predicted octanol–water partition coefficient (Wildman–Crippen LogP) is -2.37. The van der Waals surface area contributed by atoms with Gasteiger partial charge in [-0.1, -0.05) is 0 Å². The Bertz CT molecular complexity index is 878. The van der Waals surface area contributed by atoms with Gasteiger partial charge in [-0.2, -0.15) is 4.39 Å². The van der Waals surface area contributed by atoms with Crippen LogP contribution in [0.1, 0.15) is 6.23 Å². The van der Waals surface area contributed by atoms with E-state index in [-0.39, 0.29) is 0 Å². The van der Waals surface area contributed by atoms with Crippen molar-refractivity contribution in [2.45, 2.75) is 24.5 Å². The molecular weight excluding hydrogens is 405 g/mol. The summed E-state index contributed by atoms with van der Waals surface area (Å²) < 4.78 is 45.7. The van der Waals surface area contributed by atoms with E-state index >= 15 is 0 Å². The van der Waals surface area contributed by atoms with E-state index in [4.69, 9.17) is 14.5 Å². The molecular formula is C10H15FN2O11P2. The second kappa shape index (κ2) is 7.43. The molecule has 1 aliphatic rings. The van der Waals surface area contributed by atoms with Crippen LogP contribution in [-0.4, -0.2) is 65.3 Å². The highest BCUT2D eigenvalue weighted by Gasteiger charge is 2.45.